The van der Waals surface area contributed by atoms with Crippen LogP contribution in [0.5, 0.6) is 0 Å². The fraction of sp³-hybridized carbons (Fsp3) is 0.615. The van der Waals surface area contributed by atoms with Gasteiger partial charge in [0.05, 0.1) is 11.8 Å². The molecule has 2 aliphatic carbocycles. The van der Waals surface area contributed by atoms with E-state index in [1.54, 1.807) is 13.0 Å². The van der Waals surface area contributed by atoms with Crippen molar-refractivity contribution in [3.8, 4) is 0 Å². The smallest absolute Gasteiger partial charge is 0.239 e. The number of amides is 2. The monoisotopic (exact) mass is 402 g/mol. The summed E-state index contributed by atoms with van der Waals surface area (Å²) in [4.78, 5) is 27.0. The maximum absolute atomic E-state index is 12.6. The van der Waals surface area contributed by atoms with E-state index >= 15 is 0 Å². The molecule has 0 spiro atoms. The molecule has 1 aliphatic heterocycles. The van der Waals surface area contributed by atoms with Crippen LogP contribution in [-0.2, 0) is 9.59 Å². The van der Waals surface area contributed by atoms with E-state index in [9.17, 15) is 9.59 Å². The third-order valence-electron chi connectivity index (χ3n) is 4.83. The van der Waals surface area contributed by atoms with Crippen LogP contribution in [0.1, 0.15) is 12.2 Å². The molecule has 6 atom stereocenters. The number of nitrogens with zero attached hydrogens (tertiary/aromatic N) is 2. The van der Waals surface area contributed by atoms with Gasteiger partial charge in [-0.05, 0) is 25.2 Å². The highest BCUT2D eigenvalue weighted by molar-refractivity contribution is 9.12. The number of aryl methyl sites for hydroxylation is 1. The van der Waals surface area contributed by atoms with Crippen molar-refractivity contribution < 1.29 is 14.1 Å². The van der Waals surface area contributed by atoms with Gasteiger partial charge in [-0.2, -0.15) is 0 Å². The first-order valence-corrected chi connectivity index (χ1v) is 8.43. The summed E-state index contributed by atoms with van der Waals surface area (Å²) in [5.41, 5.74) is 0. The van der Waals surface area contributed by atoms with Gasteiger partial charge in [0.1, 0.15) is 5.76 Å². The number of imide groups is 1. The van der Waals surface area contributed by atoms with Gasteiger partial charge in [0.25, 0.3) is 0 Å². The molecule has 0 unspecified atom stereocenters. The number of rotatable bonds is 1. The topological polar surface area (TPSA) is 63.4 Å². The molecule has 1 saturated heterocycles. The highest BCUT2D eigenvalue weighted by Crippen LogP contribution is 2.60. The lowest BCUT2D eigenvalue weighted by Gasteiger charge is -2.28. The molecule has 2 amide bonds. The van der Waals surface area contributed by atoms with Crippen molar-refractivity contribution in [3.05, 3.63) is 11.8 Å². The van der Waals surface area contributed by atoms with Gasteiger partial charge >= 0.3 is 0 Å². The number of anilines is 1. The molecular formula is C13H12Br2N2O3. The van der Waals surface area contributed by atoms with E-state index in [0.717, 1.165) is 6.42 Å². The summed E-state index contributed by atoms with van der Waals surface area (Å²) in [5.74, 6) is 0.716. The SMILES string of the molecule is Cc1cc(N2C(=O)[C@@H]3[C@H]4C[C@H]([C@H](Br)[C@H]4Br)[C@@H]3C2=O)no1. The molecule has 7 heteroatoms. The third kappa shape index (κ3) is 1.45. The van der Waals surface area contributed by atoms with E-state index in [1.807, 2.05) is 0 Å². The maximum Gasteiger partial charge on any atom is 0.239 e. The second-order valence-corrected chi connectivity index (χ2v) is 7.93. The van der Waals surface area contributed by atoms with Crippen LogP contribution in [0.3, 0.4) is 0 Å². The van der Waals surface area contributed by atoms with Crippen LogP contribution in [0, 0.1) is 30.6 Å². The summed E-state index contributed by atoms with van der Waals surface area (Å²) in [7, 11) is 0. The molecule has 2 bridgehead atoms. The van der Waals surface area contributed by atoms with Gasteiger partial charge in [0, 0.05) is 15.7 Å². The summed E-state index contributed by atoms with van der Waals surface area (Å²) >= 11 is 7.32. The van der Waals surface area contributed by atoms with Gasteiger partial charge in [0.15, 0.2) is 5.82 Å². The largest absolute Gasteiger partial charge is 0.360 e. The van der Waals surface area contributed by atoms with Gasteiger partial charge in [-0.25, -0.2) is 4.90 Å². The van der Waals surface area contributed by atoms with Gasteiger partial charge in [-0.1, -0.05) is 37.0 Å². The lowest BCUT2D eigenvalue weighted by molar-refractivity contribution is -0.123. The summed E-state index contributed by atoms with van der Waals surface area (Å²) < 4.78 is 4.99. The van der Waals surface area contributed by atoms with Gasteiger partial charge < -0.3 is 4.52 Å². The summed E-state index contributed by atoms with van der Waals surface area (Å²) in [5, 5.41) is 3.82. The Morgan fingerprint density at radius 2 is 1.75 bits per heavy atom. The predicted octanol–water partition coefficient (Wildman–Crippen LogP) is 2.27. The molecule has 0 radical (unpaired) electrons. The van der Waals surface area contributed by atoms with Gasteiger partial charge in [-0.3, -0.25) is 9.59 Å². The van der Waals surface area contributed by atoms with E-state index in [0.29, 0.717) is 11.6 Å². The first-order chi connectivity index (χ1) is 9.50. The minimum Gasteiger partial charge on any atom is -0.360 e. The van der Waals surface area contributed by atoms with Crippen LogP contribution in [0.25, 0.3) is 0 Å². The van der Waals surface area contributed by atoms with Crippen molar-refractivity contribution in [2.45, 2.75) is 23.0 Å². The standard InChI is InChI=1S/C13H12Br2N2O3/c1-4-2-7(16-20-4)17-12(18)8-5-3-6(9(8)13(17)19)11(15)10(5)14/h2,5-6,8-11H,3H2,1H3/t5-,6+,8-,9+,10-,11-/m0/s1. The van der Waals surface area contributed by atoms with E-state index in [1.165, 1.54) is 4.90 Å². The summed E-state index contributed by atoms with van der Waals surface area (Å²) in [6, 6.07) is 1.63. The zero-order valence-corrected chi connectivity index (χ0v) is 13.8. The first-order valence-electron chi connectivity index (χ1n) is 6.60. The van der Waals surface area contributed by atoms with Crippen LogP contribution >= 0.6 is 31.9 Å². The Balaban J connectivity index is 1.74. The number of hydrogen-bond donors (Lipinski definition) is 0. The number of fused-ring (bicyclic) bond motifs is 5. The quantitative estimate of drug-likeness (QED) is 0.533. The van der Waals surface area contributed by atoms with Crippen LogP contribution in [0.2, 0.25) is 0 Å². The second-order valence-electron chi connectivity index (χ2n) is 5.81. The highest BCUT2D eigenvalue weighted by Gasteiger charge is 2.66. The Labute approximate surface area is 132 Å². The molecule has 3 aliphatic rings. The Morgan fingerprint density at radius 1 is 1.20 bits per heavy atom. The molecule has 0 N–H and O–H groups in total. The molecule has 2 saturated carbocycles. The number of aromatic nitrogens is 1. The molecular weight excluding hydrogens is 392 g/mol. The van der Waals surface area contributed by atoms with Crippen molar-refractivity contribution in [1.82, 2.24) is 5.16 Å². The summed E-state index contributed by atoms with van der Waals surface area (Å²) in [6.45, 7) is 1.75. The fourth-order valence-corrected chi connectivity index (χ4v) is 5.91. The highest BCUT2D eigenvalue weighted by atomic mass is 79.9. The minimum absolute atomic E-state index is 0.121. The molecule has 106 valence electrons. The normalized spacial score (nSPS) is 42.6. The maximum atomic E-state index is 12.6. The molecule has 1 aromatic heterocycles. The Morgan fingerprint density at radius 3 is 2.20 bits per heavy atom. The molecule has 2 heterocycles. The zero-order valence-electron chi connectivity index (χ0n) is 10.6. The Bertz CT molecular complexity index is 585. The molecule has 4 rings (SSSR count). The Kier molecular flexibility index (Phi) is 2.71. The fourth-order valence-electron chi connectivity index (χ4n) is 4.03. The van der Waals surface area contributed by atoms with Crippen LogP contribution in [0.4, 0.5) is 5.82 Å². The van der Waals surface area contributed by atoms with Crippen molar-refractivity contribution >= 4 is 49.5 Å². The molecule has 1 aromatic rings. The molecule has 20 heavy (non-hydrogen) atoms. The van der Waals surface area contributed by atoms with Crippen LogP contribution in [-0.4, -0.2) is 26.6 Å². The Hall–Kier alpha value is -0.690. The number of alkyl halides is 2. The second kappa shape index (κ2) is 4.16. The minimum atomic E-state index is -0.206. The third-order valence-corrected chi connectivity index (χ3v) is 8.04. The summed E-state index contributed by atoms with van der Waals surface area (Å²) in [6.07, 6.45) is 0.935. The number of hydrogen-bond acceptors (Lipinski definition) is 4. The molecule has 0 aromatic carbocycles. The first kappa shape index (κ1) is 13.0. The van der Waals surface area contributed by atoms with E-state index in [2.05, 4.69) is 37.0 Å². The average molecular weight is 404 g/mol. The lowest BCUT2D eigenvalue weighted by Crippen LogP contribution is -2.37. The van der Waals surface area contributed by atoms with Gasteiger partial charge in [-0.15, -0.1) is 0 Å². The molecule has 3 fully saturated rings. The van der Waals surface area contributed by atoms with Crippen molar-refractivity contribution in [2.75, 3.05) is 4.90 Å². The van der Waals surface area contributed by atoms with Crippen molar-refractivity contribution in [2.24, 2.45) is 23.7 Å². The van der Waals surface area contributed by atoms with E-state index in [4.69, 9.17) is 4.52 Å². The van der Waals surface area contributed by atoms with Gasteiger partial charge in [0.2, 0.25) is 11.8 Å². The predicted molar refractivity (Wildman–Crippen MR) is 77.7 cm³/mol. The van der Waals surface area contributed by atoms with Crippen LogP contribution in [0.15, 0.2) is 10.6 Å². The number of carbonyl (C=O) groups is 2. The lowest BCUT2D eigenvalue weighted by atomic mass is 9.81. The number of carbonyl (C=O) groups excluding carboxylic acids is 2. The van der Waals surface area contributed by atoms with Crippen molar-refractivity contribution in [3.63, 3.8) is 0 Å². The zero-order chi connectivity index (χ0) is 14.2. The van der Waals surface area contributed by atoms with Crippen LogP contribution < -0.4 is 4.90 Å². The van der Waals surface area contributed by atoms with Crippen molar-refractivity contribution in [1.29, 1.82) is 0 Å². The number of halogens is 2. The molecule has 5 nitrogen and oxygen atoms in total. The van der Waals surface area contributed by atoms with E-state index < -0.39 is 0 Å². The average Bonchev–Trinajstić information content (AvgIpc) is 3.10. The van der Waals surface area contributed by atoms with E-state index in [-0.39, 0.29) is 45.1 Å².